The Kier molecular flexibility index (Phi) is 2.37. The van der Waals surface area contributed by atoms with Gasteiger partial charge in [-0.2, -0.15) is 5.10 Å². The summed E-state index contributed by atoms with van der Waals surface area (Å²) in [4.78, 5) is 0. The van der Waals surface area contributed by atoms with Crippen LogP contribution in [0.4, 0.5) is 4.39 Å². The van der Waals surface area contributed by atoms with Crippen LogP contribution < -0.4 is 0 Å². The van der Waals surface area contributed by atoms with Crippen molar-refractivity contribution in [1.29, 1.82) is 0 Å². The molecule has 2 rings (SSSR count). The van der Waals surface area contributed by atoms with Crippen LogP contribution in [0.2, 0.25) is 0 Å². The first-order valence-electron chi connectivity index (χ1n) is 4.14. The zero-order valence-electron chi connectivity index (χ0n) is 7.51. The molecule has 0 amide bonds. The molecular formula is C10H8BrFN2. The second kappa shape index (κ2) is 3.53. The van der Waals surface area contributed by atoms with Crippen molar-refractivity contribution in [2.75, 3.05) is 0 Å². The first-order chi connectivity index (χ1) is 6.68. The summed E-state index contributed by atoms with van der Waals surface area (Å²) in [5.74, 6) is -0.220. The van der Waals surface area contributed by atoms with Gasteiger partial charge in [-0.15, -0.1) is 0 Å². The van der Waals surface area contributed by atoms with Gasteiger partial charge in [0.1, 0.15) is 5.82 Å². The number of hydrogen-bond donors (Lipinski definition) is 1. The smallest absolute Gasteiger partial charge is 0.123 e. The molecular weight excluding hydrogens is 247 g/mol. The van der Waals surface area contributed by atoms with Crippen LogP contribution in [0.15, 0.2) is 28.9 Å². The van der Waals surface area contributed by atoms with Gasteiger partial charge in [0, 0.05) is 5.56 Å². The first kappa shape index (κ1) is 9.40. The molecule has 0 unspecified atom stereocenters. The van der Waals surface area contributed by atoms with Crippen molar-refractivity contribution in [1.82, 2.24) is 10.2 Å². The highest BCUT2D eigenvalue weighted by Crippen LogP contribution is 2.28. The number of H-pyrrole nitrogens is 1. The Morgan fingerprint density at radius 2 is 2.21 bits per heavy atom. The van der Waals surface area contributed by atoms with Crippen molar-refractivity contribution in [3.8, 4) is 11.3 Å². The maximum atomic E-state index is 12.9. The highest BCUT2D eigenvalue weighted by atomic mass is 79.9. The molecule has 0 spiro atoms. The van der Waals surface area contributed by atoms with Gasteiger partial charge in [-0.1, -0.05) is 0 Å². The van der Waals surface area contributed by atoms with Gasteiger partial charge in [0.25, 0.3) is 0 Å². The number of aromatic nitrogens is 2. The fraction of sp³-hybridized carbons (Fsp3) is 0.100. The number of nitrogens with one attached hydrogen (secondary N) is 1. The van der Waals surface area contributed by atoms with E-state index in [4.69, 9.17) is 0 Å². The maximum absolute atomic E-state index is 12.9. The molecule has 0 saturated heterocycles. The third-order valence-corrected chi connectivity index (χ3v) is 2.65. The van der Waals surface area contributed by atoms with Crippen LogP contribution in [-0.4, -0.2) is 10.2 Å². The molecule has 0 fully saturated rings. The third kappa shape index (κ3) is 1.57. The Bertz CT molecular complexity index is 465. The second-order valence-electron chi connectivity index (χ2n) is 3.05. The minimum Gasteiger partial charge on any atom is -0.277 e. The van der Waals surface area contributed by atoms with Gasteiger partial charge in [0.2, 0.25) is 0 Å². The first-order valence-corrected chi connectivity index (χ1v) is 4.93. The average Bonchev–Trinajstić information content (AvgIpc) is 2.52. The van der Waals surface area contributed by atoms with E-state index in [2.05, 4.69) is 26.1 Å². The molecule has 2 nitrogen and oxygen atoms in total. The minimum atomic E-state index is -0.220. The summed E-state index contributed by atoms with van der Waals surface area (Å²) in [5.41, 5.74) is 2.72. The topological polar surface area (TPSA) is 28.7 Å². The predicted octanol–water partition coefficient (Wildman–Crippen LogP) is 3.29. The van der Waals surface area contributed by atoms with Gasteiger partial charge >= 0.3 is 0 Å². The van der Waals surface area contributed by atoms with Gasteiger partial charge in [0.05, 0.1) is 16.4 Å². The molecule has 4 heteroatoms. The van der Waals surface area contributed by atoms with Crippen LogP contribution in [0, 0.1) is 12.7 Å². The molecule has 72 valence electrons. The van der Waals surface area contributed by atoms with Crippen LogP contribution in [0.5, 0.6) is 0 Å². The molecule has 1 aromatic carbocycles. The molecule has 0 aliphatic rings. The van der Waals surface area contributed by atoms with Crippen LogP contribution in [0.25, 0.3) is 11.3 Å². The lowest BCUT2D eigenvalue weighted by Crippen LogP contribution is -1.86. The van der Waals surface area contributed by atoms with Crippen molar-refractivity contribution in [2.45, 2.75) is 6.92 Å². The lowest BCUT2D eigenvalue weighted by molar-refractivity contribution is 0.627. The normalized spacial score (nSPS) is 10.5. The number of halogens is 2. The van der Waals surface area contributed by atoms with Crippen LogP contribution in [0.1, 0.15) is 5.56 Å². The van der Waals surface area contributed by atoms with Crippen molar-refractivity contribution in [3.05, 3.63) is 40.2 Å². The Morgan fingerprint density at radius 1 is 1.43 bits per heavy atom. The highest BCUT2D eigenvalue weighted by molar-refractivity contribution is 9.10. The molecule has 0 atom stereocenters. The van der Waals surface area contributed by atoms with Gasteiger partial charge < -0.3 is 0 Å². The molecule has 0 bridgehead atoms. The zero-order valence-corrected chi connectivity index (χ0v) is 9.10. The van der Waals surface area contributed by atoms with Crippen LogP contribution >= 0.6 is 15.9 Å². The SMILES string of the molecule is Cc1cc(F)ccc1-c1[nH]ncc1Br. The summed E-state index contributed by atoms with van der Waals surface area (Å²) in [6.07, 6.45) is 1.68. The van der Waals surface area contributed by atoms with E-state index in [9.17, 15) is 4.39 Å². The van der Waals surface area contributed by atoms with E-state index in [-0.39, 0.29) is 5.82 Å². The minimum absolute atomic E-state index is 0.220. The van der Waals surface area contributed by atoms with Crippen LogP contribution in [-0.2, 0) is 0 Å². The van der Waals surface area contributed by atoms with E-state index >= 15 is 0 Å². The molecule has 2 aromatic rings. The highest BCUT2D eigenvalue weighted by Gasteiger charge is 2.08. The summed E-state index contributed by atoms with van der Waals surface area (Å²) >= 11 is 3.37. The second-order valence-corrected chi connectivity index (χ2v) is 3.91. The Balaban J connectivity index is 2.58. The van der Waals surface area contributed by atoms with Gasteiger partial charge in [-0.05, 0) is 46.6 Å². The van der Waals surface area contributed by atoms with Crippen molar-refractivity contribution < 1.29 is 4.39 Å². The van der Waals surface area contributed by atoms with E-state index in [0.29, 0.717) is 0 Å². The molecule has 1 N–H and O–H groups in total. The van der Waals surface area contributed by atoms with Crippen molar-refractivity contribution >= 4 is 15.9 Å². The molecule has 1 heterocycles. The van der Waals surface area contributed by atoms with E-state index in [1.165, 1.54) is 12.1 Å². The predicted molar refractivity (Wildman–Crippen MR) is 56.4 cm³/mol. The number of aryl methyl sites for hydroxylation is 1. The summed E-state index contributed by atoms with van der Waals surface area (Å²) in [7, 11) is 0. The summed E-state index contributed by atoms with van der Waals surface area (Å²) in [5, 5.41) is 6.76. The molecule has 0 saturated carbocycles. The fourth-order valence-electron chi connectivity index (χ4n) is 1.37. The lowest BCUT2D eigenvalue weighted by Gasteiger charge is -2.03. The Hall–Kier alpha value is -1.16. The lowest BCUT2D eigenvalue weighted by atomic mass is 10.1. The van der Waals surface area contributed by atoms with E-state index < -0.39 is 0 Å². The molecule has 0 radical (unpaired) electrons. The van der Waals surface area contributed by atoms with E-state index in [1.54, 1.807) is 12.3 Å². The average molecular weight is 255 g/mol. The quantitative estimate of drug-likeness (QED) is 0.832. The largest absolute Gasteiger partial charge is 0.277 e. The Labute approximate surface area is 89.3 Å². The third-order valence-electron chi connectivity index (χ3n) is 2.05. The van der Waals surface area contributed by atoms with Crippen molar-refractivity contribution in [2.24, 2.45) is 0 Å². The van der Waals surface area contributed by atoms with Gasteiger partial charge in [-0.3, -0.25) is 5.10 Å². The van der Waals surface area contributed by atoms with Gasteiger partial charge in [-0.25, -0.2) is 4.39 Å². The fourth-order valence-corrected chi connectivity index (χ4v) is 1.77. The van der Waals surface area contributed by atoms with Crippen LogP contribution in [0.3, 0.4) is 0 Å². The number of aromatic amines is 1. The number of benzene rings is 1. The molecule has 14 heavy (non-hydrogen) atoms. The molecule has 1 aromatic heterocycles. The summed E-state index contributed by atoms with van der Waals surface area (Å²) < 4.78 is 13.7. The van der Waals surface area contributed by atoms with E-state index in [1.807, 2.05) is 6.92 Å². The number of nitrogens with zero attached hydrogens (tertiary/aromatic N) is 1. The molecule has 0 aliphatic heterocycles. The van der Waals surface area contributed by atoms with E-state index in [0.717, 1.165) is 21.3 Å². The Morgan fingerprint density at radius 3 is 2.79 bits per heavy atom. The van der Waals surface area contributed by atoms with Gasteiger partial charge in [0.15, 0.2) is 0 Å². The standard InChI is InChI=1S/C10H8BrFN2/c1-6-4-7(12)2-3-8(6)10-9(11)5-13-14-10/h2-5H,1H3,(H,13,14). The number of hydrogen-bond acceptors (Lipinski definition) is 1. The maximum Gasteiger partial charge on any atom is 0.123 e. The summed E-state index contributed by atoms with van der Waals surface area (Å²) in [6, 6.07) is 4.68. The zero-order chi connectivity index (χ0) is 10.1. The molecule has 0 aliphatic carbocycles. The monoisotopic (exact) mass is 254 g/mol. The van der Waals surface area contributed by atoms with Crippen molar-refractivity contribution in [3.63, 3.8) is 0 Å². The summed E-state index contributed by atoms with van der Waals surface area (Å²) in [6.45, 7) is 1.87. The number of rotatable bonds is 1.